The summed E-state index contributed by atoms with van der Waals surface area (Å²) in [6.07, 6.45) is -3.68. The molecule has 4 aliphatic heterocycles. The van der Waals surface area contributed by atoms with Crippen molar-refractivity contribution in [1.82, 2.24) is 31.9 Å². The van der Waals surface area contributed by atoms with Gasteiger partial charge < -0.3 is 161 Å². The van der Waals surface area contributed by atoms with Crippen LogP contribution in [0, 0.1) is 0 Å². The van der Waals surface area contributed by atoms with Crippen LogP contribution in [0.25, 0.3) is 0 Å². The van der Waals surface area contributed by atoms with E-state index in [0.717, 1.165) is 64.2 Å². The van der Waals surface area contributed by atoms with Crippen LogP contribution in [0.4, 0.5) is 19.2 Å². The number of aliphatic hydroxyl groups excluding tert-OH is 16. The van der Waals surface area contributed by atoms with Crippen molar-refractivity contribution in [2.45, 2.75) is 353 Å². The van der Waals surface area contributed by atoms with E-state index in [1.165, 1.54) is 116 Å². The molecule has 4 saturated heterocycles. The summed E-state index contributed by atoms with van der Waals surface area (Å²) < 4.78 is 57.2. The second-order valence-electron chi connectivity index (χ2n) is 30.0. The Morgan fingerprint density at radius 1 is 0.273 bits per heavy atom. The van der Waals surface area contributed by atoms with Gasteiger partial charge in [-0.15, -0.1) is 0 Å². The minimum Gasteiger partial charge on any atom is -0.447 e. The molecule has 110 heavy (non-hydrogen) atoms. The third kappa shape index (κ3) is 36.1. The fourth-order valence-electron chi connectivity index (χ4n) is 13.4. The highest BCUT2D eigenvalue weighted by atomic mass is 16.7. The highest BCUT2D eigenvalue weighted by molar-refractivity contribution is 5.75. The second kappa shape index (κ2) is 56.4. The fourth-order valence-corrected chi connectivity index (χ4v) is 13.4. The van der Waals surface area contributed by atoms with Gasteiger partial charge in [-0.2, -0.15) is 0 Å². The van der Waals surface area contributed by atoms with Gasteiger partial charge in [0.2, 0.25) is 0 Å². The first-order valence-electron chi connectivity index (χ1n) is 40.6. The van der Waals surface area contributed by atoms with Gasteiger partial charge in [0.15, 0.2) is 25.2 Å². The lowest BCUT2D eigenvalue weighted by Gasteiger charge is -2.43. The molecule has 36 heteroatoms. The van der Waals surface area contributed by atoms with Gasteiger partial charge in [-0.05, 0) is 25.7 Å². The number of alkyl carbamates (subject to hydrolysis) is 2. The van der Waals surface area contributed by atoms with Crippen LogP contribution in [-0.2, 0) is 47.4 Å². The normalized spacial score (nSPS) is 28.6. The van der Waals surface area contributed by atoms with E-state index in [4.69, 9.17) is 47.4 Å². The van der Waals surface area contributed by atoms with Crippen molar-refractivity contribution in [3.05, 3.63) is 0 Å². The van der Waals surface area contributed by atoms with E-state index in [9.17, 15) is 101 Å². The maximum Gasteiger partial charge on any atom is 0.407 e. The van der Waals surface area contributed by atoms with Crippen molar-refractivity contribution in [2.75, 3.05) is 92.2 Å². The van der Waals surface area contributed by atoms with Crippen molar-refractivity contribution < 1.29 is 148 Å². The molecule has 6 amide bonds. The molecule has 0 radical (unpaired) electrons. The number of ether oxygens (including phenoxy) is 10. The Kier molecular flexibility index (Phi) is 50.5. The monoisotopic (exact) mass is 1590 g/mol. The molecule has 0 bridgehead atoms. The number of rotatable bonds is 59. The van der Waals surface area contributed by atoms with Crippen molar-refractivity contribution in [3.63, 3.8) is 0 Å². The first kappa shape index (κ1) is 98.5. The third-order valence-electron chi connectivity index (χ3n) is 20.5. The molecule has 22 N–H and O–H groups in total. The summed E-state index contributed by atoms with van der Waals surface area (Å²) in [6, 6.07) is -2.01. The van der Waals surface area contributed by atoms with E-state index in [1.807, 2.05) is 0 Å². The maximum absolute atomic E-state index is 14.2. The highest BCUT2D eigenvalue weighted by Crippen LogP contribution is 2.30. The average Bonchev–Trinajstić information content (AvgIpc) is 0.836. The van der Waals surface area contributed by atoms with E-state index in [2.05, 4.69) is 45.7 Å². The quantitative estimate of drug-likeness (QED) is 0.0364. The minimum atomic E-state index is -2.12. The summed E-state index contributed by atoms with van der Waals surface area (Å²) in [7, 11) is 0. The largest absolute Gasteiger partial charge is 0.447 e. The van der Waals surface area contributed by atoms with Crippen LogP contribution in [0.15, 0.2) is 0 Å². The zero-order chi connectivity index (χ0) is 80.7. The van der Waals surface area contributed by atoms with Gasteiger partial charge in [-0.3, -0.25) is 0 Å². The van der Waals surface area contributed by atoms with E-state index < -0.39 is 224 Å². The molecule has 4 fully saturated rings. The Morgan fingerprint density at radius 2 is 0.473 bits per heavy atom. The summed E-state index contributed by atoms with van der Waals surface area (Å²) in [5, 5.41) is 184. The minimum absolute atomic E-state index is 0.0931. The van der Waals surface area contributed by atoms with Gasteiger partial charge in [0.25, 0.3) is 0 Å². The number of unbranched alkanes of at least 4 members (excludes halogenated alkanes) is 29. The number of carbonyl (C=O) groups is 4. The van der Waals surface area contributed by atoms with Gasteiger partial charge in [0, 0.05) is 26.2 Å². The molecule has 0 aromatic carbocycles. The molecule has 20 atom stereocenters. The van der Waals surface area contributed by atoms with E-state index in [1.54, 1.807) is 0 Å². The van der Waals surface area contributed by atoms with Crippen LogP contribution in [0.2, 0.25) is 0 Å². The van der Waals surface area contributed by atoms with Crippen LogP contribution < -0.4 is 31.9 Å². The Labute approximate surface area is 647 Å². The molecule has 36 nitrogen and oxygen atoms in total. The fraction of sp³-hybridized carbons (Fsp3) is 0.946. The number of carbonyl (C=O) groups excluding carboxylic acids is 4. The van der Waals surface area contributed by atoms with Crippen LogP contribution >= 0.6 is 0 Å². The second-order valence-corrected chi connectivity index (χ2v) is 30.0. The number of urea groups is 2. The molecule has 4 rings (SSSR count). The van der Waals surface area contributed by atoms with Crippen molar-refractivity contribution in [1.29, 1.82) is 0 Å². The molecule has 4 aliphatic rings. The third-order valence-corrected chi connectivity index (χ3v) is 20.5. The summed E-state index contributed by atoms with van der Waals surface area (Å²) in [6.45, 7) is -3.91. The predicted molar refractivity (Wildman–Crippen MR) is 395 cm³/mol. The van der Waals surface area contributed by atoms with E-state index >= 15 is 0 Å². The van der Waals surface area contributed by atoms with Gasteiger partial charge in [-0.1, -0.05) is 194 Å². The zero-order valence-electron chi connectivity index (χ0n) is 64.9. The number of aliphatic hydroxyl groups is 16. The van der Waals surface area contributed by atoms with Crippen molar-refractivity contribution >= 4 is 24.2 Å². The van der Waals surface area contributed by atoms with Gasteiger partial charge in [0.05, 0.1) is 52.9 Å². The van der Waals surface area contributed by atoms with Gasteiger partial charge >= 0.3 is 24.2 Å². The molecule has 646 valence electrons. The zero-order valence-corrected chi connectivity index (χ0v) is 64.9. The van der Waals surface area contributed by atoms with Crippen LogP contribution in [0.1, 0.15) is 219 Å². The summed E-state index contributed by atoms with van der Waals surface area (Å²) in [4.78, 5) is 55.2. The molecule has 0 aromatic heterocycles. The molecule has 0 aliphatic carbocycles. The number of hydrogen-bond donors (Lipinski definition) is 22. The first-order chi connectivity index (χ1) is 52.9. The summed E-state index contributed by atoms with van der Waals surface area (Å²) in [5.41, 5.74) is -4.23. The number of nitrogens with one attached hydrogen (secondary N) is 6. The lowest BCUT2D eigenvalue weighted by atomic mass is 9.98. The lowest BCUT2D eigenvalue weighted by molar-refractivity contribution is -0.314. The van der Waals surface area contributed by atoms with E-state index in [-0.39, 0.29) is 39.0 Å². The maximum atomic E-state index is 14.2. The topological polar surface area (TPSA) is 556 Å². The van der Waals surface area contributed by atoms with Crippen LogP contribution in [0.5, 0.6) is 0 Å². The average molecular weight is 1590 g/mol. The van der Waals surface area contributed by atoms with Gasteiger partial charge in [0.1, 0.15) is 122 Å². The summed E-state index contributed by atoms with van der Waals surface area (Å²) >= 11 is 0. The molecule has 4 heterocycles. The summed E-state index contributed by atoms with van der Waals surface area (Å²) in [5.74, 6) is 0. The van der Waals surface area contributed by atoms with E-state index in [0.29, 0.717) is 12.8 Å². The Balaban J connectivity index is 1.47. The Hall–Kier alpha value is -3.88. The van der Waals surface area contributed by atoms with Crippen molar-refractivity contribution in [2.24, 2.45) is 0 Å². The van der Waals surface area contributed by atoms with Gasteiger partial charge in [-0.25, -0.2) is 19.2 Å². The number of hydrogen-bond acceptors (Lipinski definition) is 30. The van der Waals surface area contributed by atoms with Crippen LogP contribution in [0.3, 0.4) is 0 Å². The standard InChI is InChI=1S/C74H140N6O30/c1-3-5-7-9-11-13-15-17-19-21-23-25-27-29-31-37-77-71(99)105-47-73(43-101-65-61(93)57(89)53(85)49(39-81)107-65,44-102-66-62(94)58(90)54(86)50(40-82)108-66)79-69(97)75-35-33-34-36-76-70(98)80-74(45-103-67-63(95)59(91)55(87)51(41-83)109-67,46-104-68-64(96)60(92)56(88)52(42-84)110-68)48-106-72(100)78-38-32-30-28-26-24-22-20-18-16-14-12-10-8-6-4-2/h49-68,81-96H,3-48H2,1-2H3,(H,77,99)(H,78,100)(H2,75,79,97)(H2,76,80,98)/t49-,50-,51-,52-,53+,54+,55+,56+,57+,58+,59+,60+,61-,62-,63-,64-,65-,66-,67-,68-/m1/s1. The van der Waals surface area contributed by atoms with Crippen LogP contribution in [-0.4, -0.2) is 332 Å². The molecular weight excluding hydrogens is 1450 g/mol. The SMILES string of the molecule is CCCCCCCCCCCCCCCCCNC(=O)OCC(CO[C@@H]1O[C@H](CO)[C@H](O)[C@H](O)[C@H]1O)(CO[C@@H]1O[C@H](CO)[C@H](O)[C@H](O)[C@H]1O)NC(=O)NCCCCNC(=O)NC(COC(=O)NCCCCCCCCCCCCCCCCC)(CO[C@@H]1O[C@H](CO)[C@H](O)[C@H](O)[C@H]1O)CO[C@@H]1O[C@H](CO)[C@H](O)[C@H](O)[C@H]1O. The molecule has 0 unspecified atom stereocenters. The predicted octanol–water partition coefficient (Wildman–Crippen LogP) is 0.304. The Bertz CT molecular complexity index is 2170. The first-order valence-corrected chi connectivity index (χ1v) is 40.6. The molecule has 0 aromatic rings. The molecule has 0 spiro atoms. The highest BCUT2D eigenvalue weighted by Gasteiger charge is 2.51. The molecule has 0 saturated carbocycles. The Morgan fingerprint density at radius 3 is 0.691 bits per heavy atom. The lowest BCUT2D eigenvalue weighted by Crippen LogP contribution is -2.65. The number of amides is 6. The smallest absolute Gasteiger partial charge is 0.407 e. The molecular formula is C74H140N6O30. The van der Waals surface area contributed by atoms with Crippen molar-refractivity contribution in [3.8, 4) is 0 Å².